The summed E-state index contributed by atoms with van der Waals surface area (Å²) in [5, 5.41) is 2.82. The third-order valence-electron chi connectivity index (χ3n) is 5.28. The van der Waals surface area contributed by atoms with Crippen molar-refractivity contribution in [3.63, 3.8) is 0 Å². The van der Waals surface area contributed by atoms with Crippen LogP contribution in [-0.2, 0) is 12.8 Å². The van der Waals surface area contributed by atoms with Crippen LogP contribution in [0.5, 0.6) is 0 Å². The van der Waals surface area contributed by atoms with E-state index in [1.807, 2.05) is 38.1 Å². The van der Waals surface area contributed by atoms with Crippen molar-refractivity contribution in [2.24, 2.45) is 0 Å². The van der Waals surface area contributed by atoms with Gasteiger partial charge in [-0.25, -0.2) is 9.37 Å². The number of aromatic nitrogens is 1. The second kappa shape index (κ2) is 6.95. The maximum atomic E-state index is 14.6. The number of nitrogens with zero attached hydrogens (tertiary/aromatic N) is 1. The van der Waals surface area contributed by atoms with Crippen molar-refractivity contribution < 1.29 is 9.18 Å². The van der Waals surface area contributed by atoms with Gasteiger partial charge in [0, 0.05) is 17.3 Å². The molecule has 0 radical (unpaired) electrons. The number of benzene rings is 2. The molecule has 1 amide bonds. The van der Waals surface area contributed by atoms with E-state index in [2.05, 4.69) is 16.4 Å². The zero-order chi connectivity index (χ0) is 19.0. The molecule has 3 aromatic rings. The van der Waals surface area contributed by atoms with E-state index in [-0.39, 0.29) is 11.7 Å². The lowest BCUT2D eigenvalue weighted by atomic mass is 9.96. The highest BCUT2D eigenvalue weighted by Gasteiger charge is 2.20. The van der Waals surface area contributed by atoms with Crippen molar-refractivity contribution in [1.82, 2.24) is 4.98 Å². The number of nitrogens with one attached hydrogen (secondary N) is 1. The number of fused-ring (bicyclic) bond motifs is 1. The summed E-state index contributed by atoms with van der Waals surface area (Å²) in [6, 6.07) is 13.1. The first-order chi connectivity index (χ1) is 13.0. The van der Waals surface area contributed by atoms with Gasteiger partial charge in [-0.1, -0.05) is 24.3 Å². The Labute approximate surface area is 158 Å². The largest absolute Gasteiger partial charge is 0.307 e. The molecule has 1 aliphatic rings. The van der Waals surface area contributed by atoms with Crippen molar-refractivity contribution in [2.75, 3.05) is 5.32 Å². The summed E-state index contributed by atoms with van der Waals surface area (Å²) >= 11 is 0. The minimum atomic E-state index is -0.187. The molecule has 0 bridgehead atoms. The van der Waals surface area contributed by atoms with Crippen LogP contribution < -0.4 is 5.32 Å². The molecule has 4 heteroatoms. The lowest BCUT2D eigenvalue weighted by Gasteiger charge is -2.12. The molecule has 27 heavy (non-hydrogen) atoms. The number of carbonyl (C=O) groups excluding carboxylic acids is 1. The highest BCUT2D eigenvalue weighted by Crippen LogP contribution is 2.34. The third kappa shape index (κ3) is 3.23. The molecule has 1 N–H and O–H groups in total. The average molecular weight is 360 g/mol. The summed E-state index contributed by atoms with van der Waals surface area (Å²) in [5.74, 6) is 0.205. The Morgan fingerprint density at radius 3 is 2.67 bits per heavy atom. The van der Waals surface area contributed by atoms with Crippen LogP contribution in [0.25, 0.3) is 11.1 Å². The van der Waals surface area contributed by atoms with Crippen LogP contribution in [0.15, 0.2) is 48.7 Å². The Morgan fingerprint density at radius 1 is 1.11 bits per heavy atom. The minimum absolute atomic E-state index is 0.0862. The highest BCUT2D eigenvalue weighted by molar-refractivity contribution is 6.04. The fourth-order valence-corrected chi connectivity index (χ4v) is 3.74. The van der Waals surface area contributed by atoms with Gasteiger partial charge in [0.15, 0.2) is 0 Å². The SMILES string of the molecule is Cc1ccccc1C(=O)Nc1ccc(-c2cc3c(c(F)c2C)CCC3)cn1. The van der Waals surface area contributed by atoms with Crippen molar-refractivity contribution in [2.45, 2.75) is 33.1 Å². The number of aryl methyl sites for hydroxylation is 2. The van der Waals surface area contributed by atoms with E-state index in [1.54, 1.807) is 18.3 Å². The van der Waals surface area contributed by atoms with E-state index >= 15 is 0 Å². The molecule has 0 saturated heterocycles. The first kappa shape index (κ1) is 17.4. The fraction of sp³-hybridized carbons (Fsp3) is 0.217. The van der Waals surface area contributed by atoms with Crippen molar-refractivity contribution in [3.8, 4) is 11.1 Å². The summed E-state index contributed by atoms with van der Waals surface area (Å²) in [6.07, 6.45) is 4.45. The van der Waals surface area contributed by atoms with E-state index in [1.165, 1.54) is 0 Å². The smallest absolute Gasteiger partial charge is 0.257 e. The molecule has 0 saturated carbocycles. The number of anilines is 1. The van der Waals surface area contributed by atoms with Gasteiger partial charge in [0.2, 0.25) is 0 Å². The second-order valence-electron chi connectivity index (χ2n) is 7.06. The lowest BCUT2D eigenvalue weighted by Crippen LogP contribution is -2.14. The lowest BCUT2D eigenvalue weighted by molar-refractivity contribution is 0.102. The van der Waals surface area contributed by atoms with Gasteiger partial charge in [0.1, 0.15) is 11.6 Å². The molecule has 0 spiro atoms. The summed E-state index contributed by atoms with van der Waals surface area (Å²) in [5.41, 5.74) is 5.90. The quantitative estimate of drug-likeness (QED) is 0.693. The first-order valence-electron chi connectivity index (χ1n) is 9.19. The maximum absolute atomic E-state index is 14.6. The molecule has 1 heterocycles. The molecule has 1 aromatic heterocycles. The molecule has 0 unspecified atom stereocenters. The first-order valence-corrected chi connectivity index (χ1v) is 9.19. The molecule has 1 aliphatic carbocycles. The molecule has 0 fully saturated rings. The van der Waals surface area contributed by atoms with Gasteiger partial charge < -0.3 is 5.32 Å². The summed E-state index contributed by atoms with van der Waals surface area (Å²) in [6.45, 7) is 3.72. The summed E-state index contributed by atoms with van der Waals surface area (Å²) < 4.78 is 14.6. The Bertz CT molecular complexity index is 1030. The van der Waals surface area contributed by atoms with E-state index in [0.717, 1.165) is 47.1 Å². The van der Waals surface area contributed by atoms with Crippen LogP contribution in [-0.4, -0.2) is 10.9 Å². The van der Waals surface area contributed by atoms with Gasteiger partial charge in [0.05, 0.1) is 0 Å². The average Bonchev–Trinajstić information content (AvgIpc) is 3.14. The molecule has 4 rings (SSSR count). The van der Waals surface area contributed by atoms with E-state index in [0.29, 0.717) is 16.9 Å². The van der Waals surface area contributed by atoms with Crippen LogP contribution in [0.1, 0.15) is 39.0 Å². The van der Waals surface area contributed by atoms with Gasteiger partial charge in [-0.05, 0) is 79.1 Å². The molecular formula is C23H21FN2O. The Kier molecular flexibility index (Phi) is 4.48. The number of hydrogen-bond donors (Lipinski definition) is 1. The van der Waals surface area contributed by atoms with Crippen LogP contribution in [0.2, 0.25) is 0 Å². The molecule has 136 valence electrons. The van der Waals surface area contributed by atoms with Gasteiger partial charge in [0.25, 0.3) is 5.91 Å². The number of amides is 1. The third-order valence-corrected chi connectivity index (χ3v) is 5.28. The van der Waals surface area contributed by atoms with Crippen molar-refractivity contribution >= 4 is 11.7 Å². The molecule has 3 nitrogen and oxygen atoms in total. The zero-order valence-corrected chi connectivity index (χ0v) is 15.5. The Hall–Kier alpha value is -3.01. The highest BCUT2D eigenvalue weighted by atomic mass is 19.1. The molecule has 0 aliphatic heterocycles. The van der Waals surface area contributed by atoms with Crippen LogP contribution in [0.4, 0.5) is 10.2 Å². The van der Waals surface area contributed by atoms with Crippen LogP contribution >= 0.6 is 0 Å². The van der Waals surface area contributed by atoms with Gasteiger partial charge >= 0.3 is 0 Å². The predicted molar refractivity (Wildman–Crippen MR) is 106 cm³/mol. The number of hydrogen-bond acceptors (Lipinski definition) is 2. The van der Waals surface area contributed by atoms with Gasteiger partial charge in [-0.15, -0.1) is 0 Å². The Morgan fingerprint density at radius 2 is 1.93 bits per heavy atom. The molecule has 0 atom stereocenters. The monoisotopic (exact) mass is 360 g/mol. The fourth-order valence-electron chi connectivity index (χ4n) is 3.74. The van der Waals surface area contributed by atoms with Crippen molar-refractivity contribution in [3.05, 3.63) is 82.3 Å². The summed E-state index contributed by atoms with van der Waals surface area (Å²) in [4.78, 5) is 16.8. The topological polar surface area (TPSA) is 42.0 Å². The molecular weight excluding hydrogens is 339 g/mol. The van der Waals surface area contributed by atoms with Crippen LogP contribution in [0, 0.1) is 19.7 Å². The summed E-state index contributed by atoms with van der Waals surface area (Å²) in [7, 11) is 0. The van der Waals surface area contributed by atoms with Gasteiger partial charge in [-0.3, -0.25) is 4.79 Å². The predicted octanol–water partition coefficient (Wildman–Crippen LogP) is 5.25. The Balaban J connectivity index is 1.59. The second-order valence-corrected chi connectivity index (χ2v) is 7.06. The van der Waals surface area contributed by atoms with E-state index < -0.39 is 0 Å². The van der Waals surface area contributed by atoms with Gasteiger partial charge in [-0.2, -0.15) is 0 Å². The number of carbonyl (C=O) groups is 1. The number of rotatable bonds is 3. The maximum Gasteiger partial charge on any atom is 0.257 e. The zero-order valence-electron chi connectivity index (χ0n) is 15.5. The normalized spacial score (nSPS) is 12.7. The number of pyridine rings is 1. The van der Waals surface area contributed by atoms with Crippen LogP contribution in [0.3, 0.4) is 0 Å². The van der Waals surface area contributed by atoms with E-state index in [9.17, 15) is 9.18 Å². The molecule has 2 aromatic carbocycles. The van der Waals surface area contributed by atoms with Crippen molar-refractivity contribution in [1.29, 1.82) is 0 Å². The minimum Gasteiger partial charge on any atom is -0.307 e. The standard InChI is InChI=1S/C23H21FN2O/c1-14-6-3-4-8-18(14)23(27)26-21-11-10-17(13-25-21)20-12-16-7-5-9-19(16)22(24)15(20)2/h3-4,6,8,10-13H,5,7,9H2,1-2H3,(H,25,26,27). The number of halogens is 1. The van der Waals surface area contributed by atoms with E-state index in [4.69, 9.17) is 0 Å².